The van der Waals surface area contributed by atoms with E-state index >= 15 is 0 Å². The molecule has 1 unspecified atom stereocenters. The van der Waals surface area contributed by atoms with Crippen molar-refractivity contribution in [3.8, 4) is 0 Å². The van der Waals surface area contributed by atoms with E-state index in [9.17, 15) is 0 Å². The standard InChI is InChI=1S/C16H33N3/c1-14(2)13-19-10-7-15(8-11-19)17-12-16-6-4-5-9-18(16)3/h14-17H,4-13H2,1-3H3. The molecule has 1 N–H and O–H groups in total. The van der Waals surface area contributed by atoms with Gasteiger partial charge in [0.2, 0.25) is 0 Å². The molecule has 2 aliphatic rings. The number of piperidine rings is 2. The highest BCUT2D eigenvalue weighted by Crippen LogP contribution is 2.16. The van der Waals surface area contributed by atoms with Crippen LogP contribution >= 0.6 is 0 Å². The Kier molecular flexibility index (Phi) is 6.11. The van der Waals surface area contributed by atoms with Crippen LogP contribution in [-0.2, 0) is 0 Å². The number of nitrogens with zero attached hydrogens (tertiary/aromatic N) is 2. The van der Waals surface area contributed by atoms with Crippen LogP contribution in [0.25, 0.3) is 0 Å². The molecule has 0 bridgehead atoms. The van der Waals surface area contributed by atoms with Crippen molar-refractivity contribution < 1.29 is 0 Å². The molecular formula is C16H33N3. The molecule has 2 heterocycles. The zero-order chi connectivity index (χ0) is 13.7. The van der Waals surface area contributed by atoms with Crippen LogP contribution in [0.2, 0.25) is 0 Å². The molecular weight excluding hydrogens is 234 g/mol. The summed E-state index contributed by atoms with van der Waals surface area (Å²) in [6.45, 7) is 11.0. The first-order valence-electron chi connectivity index (χ1n) is 8.31. The molecule has 112 valence electrons. The lowest BCUT2D eigenvalue weighted by Gasteiger charge is -2.36. The van der Waals surface area contributed by atoms with Crippen LogP contribution in [0.15, 0.2) is 0 Å². The first-order valence-corrected chi connectivity index (χ1v) is 8.31. The number of likely N-dealkylation sites (N-methyl/N-ethyl adjacent to an activating group) is 1. The molecule has 0 saturated carbocycles. The van der Waals surface area contributed by atoms with Gasteiger partial charge in [-0.25, -0.2) is 0 Å². The number of hydrogen-bond donors (Lipinski definition) is 1. The Labute approximate surface area is 119 Å². The van der Waals surface area contributed by atoms with Crippen LogP contribution in [0.3, 0.4) is 0 Å². The van der Waals surface area contributed by atoms with Crippen molar-refractivity contribution in [2.75, 3.05) is 39.8 Å². The van der Waals surface area contributed by atoms with Gasteiger partial charge in [-0.1, -0.05) is 20.3 Å². The Hall–Kier alpha value is -0.120. The summed E-state index contributed by atoms with van der Waals surface area (Å²) in [5.41, 5.74) is 0. The second-order valence-electron chi connectivity index (χ2n) is 7.01. The summed E-state index contributed by atoms with van der Waals surface area (Å²) in [5.74, 6) is 0.806. The van der Waals surface area contributed by atoms with Crippen molar-refractivity contribution in [1.29, 1.82) is 0 Å². The molecule has 0 amide bonds. The highest BCUT2D eigenvalue weighted by atomic mass is 15.2. The predicted octanol–water partition coefficient (Wildman–Crippen LogP) is 2.18. The molecule has 1 atom stereocenters. The van der Waals surface area contributed by atoms with Crippen molar-refractivity contribution in [2.45, 2.75) is 58.0 Å². The second kappa shape index (κ2) is 7.61. The van der Waals surface area contributed by atoms with Gasteiger partial charge >= 0.3 is 0 Å². The van der Waals surface area contributed by atoms with Crippen molar-refractivity contribution in [2.24, 2.45) is 5.92 Å². The Bertz CT molecular complexity index is 246. The van der Waals surface area contributed by atoms with Crippen molar-refractivity contribution in [1.82, 2.24) is 15.1 Å². The molecule has 0 aromatic rings. The van der Waals surface area contributed by atoms with Crippen LogP contribution in [0.1, 0.15) is 46.0 Å². The largest absolute Gasteiger partial charge is 0.312 e. The molecule has 0 aromatic carbocycles. The van der Waals surface area contributed by atoms with Gasteiger partial charge in [0.15, 0.2) is 0 Å². The third-order valence-electron chi connectivity index (χ3n) is 4.77. The van der Waals surface area contributed by atoms with Crippen molar-refractivity contribution in [3.05, 3.63) is 0 Å². The van der Waals surface area contributed by atoms with Crippen LogP contribution in [-0.4, -0.2) is 61.7 Å². The van der Waals surface area contributed by atoms with Crippen LogP contribution in [0.4, 0.5) is 0 Å². The van der Waals surface area contributed by atoms with Gasteiger partial charge in [-0.05, 0) is 58.3 Å². The predicted molar refractivity (Wildman–Crippen MR) is 82.6 cm³/mol. The maximum atomic E-state index is 3.83. The zero-order valence-corrected chi connectivity index (χ0v) is 13.2. The van der Waals surface area contributed by atoms with E-state index in [0.29, 0.717) is 0 Å². The molecule has 0 spiro atoms. The summed E-state index contributed by atoms with van der Waals surface area (Å²) in [7, 11) is 2.29. The summed E-state index contributed by atoms with van der Waals surface area (Å²) in [4.78, 5) is 5.18. The molecule has 3 heteroatoms. The first kappa shape index (κ1) is 15.3. The average Bonchev–Trinajstić information content (AvgIpc) is 2.39. The van der Waals surface area contributed by atoms with Gasteiger partial charge in [-0.2, -0.15) is 0 Å². The van der Waals surface area contributed by atoms with Crippen LogP contribution in [0, 0.1) is 5.92 Å². The zero-order valence-electron chi connectivity index (χ0n) is 13.2. The fourth-order valence-corrected chi connectivity index (χ4v) is 3.54. The van der Waals surface area contributed by atoms with Crippen molar-refractivity contribution >= 4 is 0 Å². The Morgan fingerprint density at radius 3 is 2.42 bits per heavy atom. The lowest BCUT2D eigenvalue weighted by atomic mass is 10.0. The summed E-state index contributed by atoms with van der Waals surface area (Å²) >= 11 is 0. The molecule has 0 radical (unpaired) electrons. The van der Waals surface area contributed by atoms with E-state index in [4.69, 9.17) is 0 Å². The minimum Gasteiger partial charge on any atom is -0.312 e. The summed E-state index contributed by atoms with van der Waals surface area (Å²) < 4.78 is 0. The third kappa shape index (κ3) is 5.05. The maximum Gasteiger partial charge on any atom is 0.0217 e. The number of hydrogen-bond acceptors (Lipinski definition) is 3. The van der Waals surface area contributed by atoms with E-state index in [1.165, 1.54) is 64.8 Å². The number of rotatable bonds is 5. The van der Waals surface area contributed by atoms with Gasteiger partial charge in [0.25, 0.3) is 0 Å². The van der Waals surface area contributed by atoms with E-state index in [2.05, 4.69) is 36.0 Å². The minimum atomic E-state index is 0.763. The summed E-state index contributed by atoms with van der Waals surface area (Å²) in [6, 6.07) is 1.54. The summed E-state index contributed by atoms with van der Waals surface area (Å²) in [5, 5.41) is 3.83. The van der Waals surface area contributed by atoms with Gasteiger partial charge in [-0.3, -0.25) is 0 Å². The fourth-order valence-electron chi connectivity index (χ4n) is 3.54. The Morgan fingerprint density at radius 2 is 1.79 bits per heavy atom. The smallest absolute Gasteiger partial charge is 0.0217 e. The highest BCUT2D eigenvalue weighted by molar-refractivity contribution is 4.82. The molecule has 0 aromatic heterocycles. The third-order valence-corrected chi connectivity index (χ3v) is 4.77. The molecule has 2 saturated heterocycles. The minimum absolute atomic E-state index is 0.763. The van der Waals surface area contributed by atoms with Gasteiger partial charge in [0, 0.05) is 25.2 Å². The molecule has 19 heavy (non-hydrogen) atoms. The lowest BCUT2D eigenvalue weighted by Crippen LogP contribution is -2.49. The molecule has 2 rings (SSSR count). The van der Waals surface area contributed by atoms with E-state index in [1.54, 1.807) is 0 Å². The molecule has 3 nitrogen and oxygen atoms in total. The van der Waals surface area contributed by atoms with Crippen LogP contribution in [0.5, 0.6) is 0 Å². The van der Waals surface area contributed by atoms with Gasteiger partial charge < -0.3 is 15.1 Å². The van der Waals surface area contributed by atoms with E-state index in [-0.39, 0.29) is 0 Å². The Morgan fingerprint density at radius 1 is 1.05 bits per heavy atom. The SMILES string of the molecule is CC(C)CN1CCC(NCC2CCCCN2C)CC1. The molecule has 0 aliphatic carbocycles. The molecule has 2 aliphatic heterocycles. The van der Waals surface area contributed by atoms with Gasteiger partial charge in [-0.15, -0.1) is 0 Å². The first-order chi connectivity index (χ1) is 9.15. The van der Waals surface area contributed by atoms with E-state index in [1.807, 2.05) is 0 Å². The average molecular weight is 267 g/mol. The maximum absolute atomic E-state index is 3.83. The summed E-state index contributed by atoms with van der Waals surface area (Å²) in [6.07, 6.45) is 6.87. The van der Waals surface area contributed by atoms with E-state index in [0.717, 1.165) is 18.0 Å². The number of nitrogens with one attached hydrogen (secondary N) is 1. The monoisotopic (exact) mass is 267 g/mol. The van der Waals surface area contributed by atoms with Gasteiger partial charge in [0.1, 0.15) is 0 Å². The fraction of sp³-hybridized carbons (Fsp3) is 1.00. The quantitative estimate of drug-likeness (QED) is 0.824. The van der Waals surface area contributed by atoms with Gasteiger partial charge in [0.05, 0.1) is 0 Å². The topological polar surface area (TPSA) is 18.5 Å². The second-order valence-corrected chi connectivity index (χ2v) is 7.01. The van der Waals surface area contributed by atoms with E-state index < -0.39 is 0 Å². The Balaban J connectivity index is 1.62. The normalized spacial score (nSPS) is 28.1. The lowest BCUT2D eigenvalue weighted by molar-refractivity contribution is 0.154. The van der Waals surface area contributed by atoms with Crippen molar-refractivity contribution in [3.63, 3.8) is 0 Å². The molecule has 2 fully saturated rings. The number of likely N-dealkylation sites (tertiary alicyclic amines) is 2. The highest BCUT2D eigenvalue weighted by Gasteiger charge is 2.22. The van der Waals surface area contributed by atoms with Crippen LogP contribution < -0.4 is 5.32 Å².